The van der Waals surface area contributed by atoms with Gasteiger partial charge in [0.1, 0.15) is 0 Å². The van der Waals surface area contributed by atoms with Gasteiger partial charge in [-0.05, 0) is 23.6 Å². The predicted octanol–water partition coefficient (Wildman–Crippen LogP) is 5.88. The van der Waals surface area contributed by atoms with Crippen LogP contribution >= 0.6 is 13.4 Å². The number of aryl methyl sites for hydroxylation is 1. The molecule has 1 aromatic carbocycles. The molecule has 11 heteroatoms. The molecule has 1 rings (SSSR count). The summed E-state index contributed by atoms with van der Waals surface area (Å²) in [6.45, 7) is -5.32. The summed E-state index contributed by atoms with van der Waals surface area (Å²) in [7, 11) is 0. The van der Waals surface area contributed by atoms with E-state index in [0.717, 1.165) is 0 Å². The topological polar surface area (TPSA) is 121 Å². The summed E-state index contributed by atoms with van der Waals surface area (Å²) in [6, 6.07) is 11.7. The maximum Gasteiger partial charge on any atom is 0.319 e. The van der Waals surface area contributed by atoms with E-state index >= 15 is 0 Å². The molecule has 0 saturated heterocycles. The number of rotatable bonds is 15. The van der Waals surface area contributed by atoms with Crippen molar-refractivity contribution in [2.24, 2.45) is 0 Å². The van der Waals surface area contributed by atoms with Crippen LogP contribution in [0, 0.1) is 6.07 Å². The van der Waals surface area contributed by atoms with Crippen molar-refractivity contribution in [3.05, 3.63) is 35.9 Å². The van der Waals surface area contributed by atoms with Gasteiger partial charge in [-0.25, -0.2) is 0 Å². The van der Waals surface area contributed by atoms with Crippen molar-refractivity contribution in [2.75, 3.05) is 0 Å². The maximum atomic E-state index is 7.56. The molecule has 0 saturated carbocycles. The van der Waals surface area contributed by atoms with E-state index in [-0.39, 0.29) is 21.1 Å². The van der Waals surface area contributed by atoms with Crippen LogP contribution in [-0.4, -0.2) is 29.4 Å². The molecule has 0 unspecified atom stereocenters. The van der Waals surface area contributed by atoms with Crippen molar-refractivity contribution in [3.8, 4) is 0 Å². The zero-order valence-corrected chi connectivity index (χ0v) is 25.1. The van der Waals surface area contributed by atoms with Gasteiger partial charge in [-0.1, -0.05) is 103 Å². The Balaban J connectivity index is -0.000000686. The second-order valence-corrected chi connectivity index (χ2v) is 12.8. The predicted molar refractivity (Wildman–Crippen MR) is 141 cm³/mol. The van der Waals surface area contributed by atoms with Crippen LogP contribution in [0.15, 0.2) is 24.3 Å². The first kappa shape index (κ1) is 38.5. The average Bonchev–Trinajstić information content (AvgIpc) is 2.66. The summed E-state index contributed by atoms with van der Waals surface area (Å²) in [5, 5.41) is 0. The van der Waals surface area contributed by atoms with Crippen LogP contribution in [0.25, 0.3) is 0 Å². The van der Waals surface area contributed by atoms with Crippen molar-refractivity contribution >= 4 is 37.1 Å². The fourth-order valence-corrected chi connectivity index (χ4v) is 3.10. The van der Waals surface area contributed by atoms with E-state index in [1.165, 1.54) is 102 Å². The van der Waals surface area contributed by atoms with Crippen LogP contribution in [0.4, 0.5) is 0 Å². The van der Waals surface area contributed by atoms with Gasteiger partial charge in [0.2, 0.25) is 0 Å². The molecule has 0 heterocycles. The molecular formula is C22H43MoO6P2S2-. The summed E-state index contributed by atoms with van der Waals surface area (Å²) < 4.78 is 0. The molecule has 196 valence electrons. The molecule has 0 fully saturated rings. The molecule has 6 nitrogen and oxygen atoms in total. The van der Waals surface area contributed by atoms with Gasteiger partial charge in [-0.15, -0.1) is 0 Å². The molecule has 6 N–H and O–H groups in total. The Morgan fingerprint density at radius 1 is 0.636 bits per heavy atom. The monoisotopic (exact) mass is 627 g/mol. The smallest absolute Gasteiger partial charge is 0.319 e. The van der Waals surface area contributed by atoms with Crippen LogP contribution in [0.5, 0.6) is 0 Å². The van der Waals surface area contributed by atoms with Gasteiger partial charge >= 0.3 is 13.4 Å². The zero-order chi connectivity index (χ0) is 24.7. The van der Waals surface area contributed by atoms with Crippen LogP contribution in [0.1, 0.15) is 102 Å². The third-order valence-electron chi connectivity index (χ3n) is 4.57. The van der Waals surface area contributed by atoms with Crippen LogP contribution < -0.4 is 0 Å². The zero-order valence-electron chi connectivity index (χ0n) is 19.7. The molecule has 0 atom stereocenters. The van der Waals surface area contributed by atoms with Crippen molar-refractivity contribution < 1.29 is 50.4 Å². The summed E-state index contributed by atoms with van der Waals surface area (Å²) in [4.78, 5) is 45.3. The van der Waals surface area contributed by atoms with E-state index in [1.54, 1.807) is 0 Å². The third-order valence-corrected chi connectivity index (χ3v) is 4.57. The minimum atomic E-state index is -3.81. The van der Waals surface area contributed by atoms with Crippen LogP contribution in [-0.2, 0) is 51.1 Å². The van der Waals surface area contributed by atoms with E-state index in [1.807, 2.05) is 6.07 Å². The molecule has 0 amide bonds. The second kappa shape index (κ2) is 26.0. The Kier molecular flexibility index (Phi) is 30.4. The van der Waals surface area contributed by atoms with Gasteiger partial charge in [0.15, 0.2) is 0 Å². The molecule has 0 aliphatic rings. The van der Waals surface area contributed by atoms with Gasteiger partial charge in [0, 0.05) is 21.1 Å². The van der Waals surface area contributed by atoms with Crippen molar-refractivity contribution in [1.29, 1.82) is 0 Å². The summed E-state index contributed by atoms with van der Waals surface area (Å²) in [5.41, 5.74) is 1.38. The third kappa shape index (κ3) is 50.7. The minimum Gasteiger partial charge on any atom is -0.325 e. The Morgan fingerprint density at radius 2 is 0.970 bits per heavy atom. The van der Waals surface area contributed by atoms with Gasteiger partial charge < -0.3 is 29.4 Å². The number of hydrogen-bond donors (Lipinski definition) is 6. The molecule has 0 aliphatic heterocycles. The standard InChI is InChI=1S/C22H37.Mo.2H3O3PS/c1-2-3-4-5-6-7-8-9-10-11-12-13-14-16-19-22-20-17-15-18-21-22;;2*1-4(2,3)5/h15,17-18,20H,2-14,16,19H2,1H3;;2*(H3,1,2,3,5)/q-1;;;. The quantitative estimate of drug-likeness (QED) is 0.0619. The van der Waals surface area contributed by atoms with Gasteiger partial charge in [-0.2, -0.15) is 35.9 Å². The molecule has 0 bridgehead atoms. The first-order chi connectivity index (χ1) is 14.9. The van der Waals surface area contributed by atoms with Crippen LogP contribution in [0.3, 0.4) is 0 Å². The summed E-state index contributed by atoms with van der Waals surface area (Å²) >= 11 is 7.21. The maximum absolute atomic E-state index is 7.56. The Hall–Kier alpha value is 0.968. The molecule has 0 aliphatic carbocycles. The molecule has 0 radical (unpaired) electrons. The normalized spacial score (nSPS) is 10.9. The van der Waals surface area contributed by atoms with Crippen molar-refractivity contribution in [2.45, 2.75) is 103 Å². The molecule has 1 aromatic rings. The van der Waals surface area contributed by atoms with E-state index in [9.17, 15) is 0 Å². The number of benzene rings is 1. The van der Waals surface area contributed by atoms with E-state index < -0.39 is 13.4 Å². The van der Waals surface area contributed by atoms with Crippen molar-refractivity contribution in [1.82, 2.24) is 0 Å². The van der Waals surface area contributed by atoms with Gasteiger partial charge in [0.25, 0.3) is 0 Å². The first-order valence-corrected chi connectivity index (χ1v) is 16.8. The summed E-state index contributed by atoms with van der Waals surface area (Å²) in [6.07, 6.45) is 21.3. The molecule has 0 spiro atoms. The Labute approximate surface area is 225 Å². The van der Waals surface area contributed by atoms with E-state index in [0.29, 0.717) is 0 Å². The minimum absolute atomic E-state index is 0. The largest absolute Gasteiger partial charge is 0.325 e. The fraction of sp³-hybridized carbons (Fsp3) is 0.727. The SMILES string of the molecule is CCCCCCCCCCCCCCCCc1[c-]cccc1.OP(O)(O)=S.OP(O)(O)=S.[Mo]. The molecule has 33 heavy (non-hydrogen) atoms. The number of unbranched alkanes of at least 4 members (excludes halogenated alkanes) is 13. The first-order valence-electron chi connectivity index (χ1n) is 11.5. The summed E-state index contributed by atoms with van der Waals surface area (Å²) in [5.74, 6) is 0. The van der Waals surface area contributed by atoms with Crippen molar-refractivity contribution in [3.63, 3.8) is 0 Å². The van der Waals surface area contributed by atoms with Gasteiger partial charge in [0.05, 0.1) is 0 Å². The Morgan fingerprint density at radius 3 is 1.27 bits per heavy atom. The average molecular weight is 626 g/mol. The van der Waals surface area contributed by atoms with E-state index in [2.05, 4.69) is 54.8 Å². The number of hydrogen-bond acceptors (Lipinski definition) is 2. The Bertz CT molecular complexity index is 578. The fourth-order valence-electron chi connectivity index (χ4n) is 3.10. The van der Waals surface area contributed by atoms with Crippen LogP contribution in [0.2, 0.25) is 0 Å². The molecule has 0 aromatic heterocycles. The second-order valence-electron chi connectivity index (χ2n) is 7.76. The molecular weight excluding hydrogens is 582 g/mol. The van der Waals surface area contributed by atoms with Gasteiger partial charge in [-0.3, -0.25) is 0 Å². The van der Waals surface area contributed by atoms with E-state index in [4.69, 9.17) is 29.4 Å².